The minimum atomic E-state index is -1.58. The van der Waals surface area contributed by atoms with Gasteiger partial charge >= 0.3 is 8.16 Å². The fraction of sp³-hybridized carbons (Fsp3) is 0.273. The second-order valence-electron chi connectivity index (χ2n) is 10.3. The van der Waals surface area contributed by atoms with Crippen LogP contribution in [0.15, 0.2) is 105 Å². The molecule has 0 fully saturated rings. The van der Waals surface area contributed by atoms with Crippen LogP contribution in [0.25, 0.3) is 21.9 Å². The van der Waals surface area contributed by atoms with Crippen LogP contribution in [0.5, 0.6) is 11.5 Å². The Morgan fingerprint density at radius 3 is 1.49 bits per heavy atom. The maximum atomic E-state index is 6.89. The smallest absolute Gasteiger partial charge is 0.310 e. The molecule has 0 aliphatic carbocycles. The topological polar surface area (TPSA) is 48.0 Å². The standard InChI is InChI=1S/C33H34NO4P/c1-22-21-23(2)36-29-18-12-20-31-33(29)32-28(35-22)17-11-19-30(32)37-39(38-31)34(24(3)26-13-7-5-8-14-26)25(4)27-15-9-6-10-16-27/h5-20,22-25H,21H2,1-4H3/t22-,23-,24+,25+/m1/s1. The van der Waals surface area contributed by atoms with Gasteiger partial charge in [-0.05, 0) is 63.1 Å². The largest absolute Gasteiger partial charge is 0.490 e. The van der Waals surface area contributed by atoms with Crippen molar-refractivity contribution in [2.75, 3.05) is 4.67 Å². The van der Waals surface area contributed by atoms with Crippen molar-refractivity contribution in [2.24, 2.45) is 0 Å². The zero-order chi connectivity index (χ0) is 26.9. The summed E-state index contributed by atoms with van der Waals surface area (Å²) in [5.74, 6) is 1.57. The van der Waals surface area contributed by atoms with Gasteiger partial charge in [0, 0.05) is 18.5 Å². The number of nitrogens with zero attached hydrogens (tertiary/aromatic N) is 1. The molecule has 1 aliphatic heterocycles. The summed E-state index contributed by atoms with van der Waals surface area (Å²) >= 11 is 0. The number of benzene rings is 4. The summed E-state index contributed by atoms with van der Waals surface area (Å²) in [6.07, 6.45) is 0.754. The number of ether oxygens (including phenoxy) is 2. The predicted octanol–water partition coefficient (Wildman–Crippen LogP) is 9.69. The van der Waals surface area contributed by atoms with Crippen LogP contribution in [0.4, 0.5) is 0 Å². The quantitative estimate of drug-likeness (QED) is 0.222. The first-order valence-electron chi connectivity index (χ1n) is 13.6. The van der Waals surface area contributed by atoms with Gasteiger partial charge in [0.1, 0.15) is 22.7 Å². The molecule has 2 heterocycles. The van der Waals surface area contributed by atoms with Crippen molar-refractivity contribution in [1.82, 2.24) is 0 Å². The molecule has 4 aromatic carbocycles. The molecule has 0 amide bonds. The van der Waals surface area contributed by atoms with Crippen LogP contribution in [-0.4, -0.2) is 12.2 Å². The average Bonchev–Trinajstić information content (AvgIpc) is 3.08. The van der Waals surface area contributed by atoms with Crippen LogP contribution in [0, 0.1) is 0 Å². The predicted molar refractivity (Wildman–Crippen MR) is 159 cm³/mol. The van der Waals surface area contributed by atoms with E-state index in [-0.39, 0.29) is 24.3 Å². The third-order valence-corrected chi connectivity index (χ3v) is 9.22. The minimum Gasteiger partial charge on any atom is -0.490 e. The third kappa shape index (κ3) is 5.05. The summed E-state index contributed by atoms with van der Waals surface area (Å²) in [5.41, 5.74) is 3.87. The van der Waals surface area contributed by atoms with Crippen molar-refractivity contribution in [2.45, 2.75) is 58.4 Å². The molecule has 5 aromatic rings. The van der Waals surface area contributed by atoms with Crippen molar-refractivity contribution in [3.63, 3.8) is 0 Å². The summed E-state index contributed by atoms with van der Waals surface area (Å²) in [6, 6.07) is 33.2. The Bertz CT molecular complexity index is 1500. The molecule has 200 valence electrons. The molecular formula is C33H34NO4P. The first kappa shape index (κ1) is 25.6. The summed E-state index contributed by atoms with van der Waals surface area (Å²) in [4.78, 5) is 0. The fourth-order valence-corrected chi connectivity index (χ4v) is 7.23. The molecule has 6 rings (SSSR count). The Labute approximate surface area is 230 Å². The maximum Gasteiger partial charge on any atom is 0.310 e. The minimum absolute atomic E-state index is 0.0114. The van der Waals surface area contributed by atoms with Gasteiger partial charge in [-0.15, -0.1) is 0 Å². The van der Waals surface area contributed by atoms with Gasteiger partial charge in [0.05, 0.1) is 23.0 Å². The molecule has 0 saturated carbocycles. The highest BCUT2D eigenvalue weighted by atomic mass is 31.1. The van der Waals surface area contributed by atoms with Crippen LogP contribution in [0.2, 0.25) is 0 Å². The van der Waals surface area contributed by atoms with Gasteiger partial charge in [-0.3, -0.25) is 0 Å². The monoisotopic (exact) mass is 539 g/mol. The Hall–Kier alpha value is -3.66. The average molecular weight is 540 g/mol. The van der Waals surface area contributed by atoms with Gasteiger partial charge in [-0.25, -0.2) is 0 Å². The molecule has 6 heteroatoms. The van der Waals surface area contributed by atoms with E-state index in [1.807, 2.05) is 48.5 Å². The molecule has 0 bridgehead atoms. The summed E-state index contributed by atoms with van der Waals surface area (Å²) in [6.45, 7) is 8.61. The van der Waals surface area contributed by atoms with E-state index in [0.717, 1.165) is 39.9 Å². The normalized spacial score (nSPS) is 18.6. The van der Waals surface area contributed by atoms with E-state index < -0.39 is 8.16 Å². The molecular weight excluding hydrogens is 505 g/mol. The maximum absolute atomic E-state index is 6.89. The zero-order valence-corrected chi connectivity index (χ0v) is 23.7. The van der Waals surface area contributed by atoms with Gasteiger partial charge in [0.2, 0.25) is 0 Å². The van der Waals surface area contributed by atoms with Gasteiger partial charge in [-0.2, -0.15) is 4.67 Å². The van der Waals surface area contributed by atoms with Gasteiger partial charge in [0.25, 0.3) is 0 Å². The Morgan fingerprint density at radius 2 is 1.05 bits per heavy atom. The highest BCUT2D eigenvalue weighted by molar-refractivity contribution is 7.39. The molecule has 0 N–H and O–H groups in total. The van der Waals surface area contributed by atoms with Crippen LogP contribution in [-0.2, 0) is 0 Å². The number of hydrogen-bond donors (Lipinski definition) is 0. The molecule has 39 heavy (non-hydrogen) atoms. The Kier molecular flexibility index (Phi) is 7.12. The van der Waals surface area contributed by atoms with Crippen molar-refractivity contribution in [3.8, 4) is 11.5 Å². The zero-order valence-electron chi connectivity index (χ0n) is 22.8. The van der Waals surface area contributed by atoms with Crippen molar-refractivity contribution >= 4 is 30.1 Å². The fourth-order valence-electron chi connectivity index (χ4n) is 5.53. The van der Waals surface area contributed by atoms with E-state index in [1.54, 1.807) is 0 Å². The lowest BCUT2D eigenvalue weighted by Crippen LogP contribution is -2.27. The number of rotatable bonds is 5. The van der Waals surface area contributed by atoms with E-state index >= 15 is 0 Å². The highest BCUT2D eigenvalue weighted by Gasteiger charge is 2.30. The second kappa shape index (κ2) is 10.8. The van der Waals surface area contributed by atoms with E-state index in [2.05, 4.69) is 80.9 Å². The first-order chi connectivity index (χ1) is 19.0. The van der Waals surface area contributed by atoms with Crippen LogP contribution < -0.4 is 14.1 Å². The lowest BCUT2D eigenvalue weighted by molar-refractivity contribution is 0.135. The molecule has 0 saturated heterocycles. The number of hydrogen-bond acceptors (Lipinski definition) is 5. The molecule has 1 aromatic heterocycles. The summed E-state index contributed by atoms with van der Waals surface area (Å²) in [7, 11) is -1.58. The van der Waals surface area contributed by atoms with Crippen LogP contribution in [0.1, 0.15) is 57.3 Å². The third-order valence-electron chi connectivity index (χ3n) is 7.45. The van der Waals surface area contributed by atoms with Crippen molar-refractivity contribution in [3.05, 3.63) is 108 Å². The van der Waals surface area contributed by atoms with E-state index in [1.165, 1.54) is 11.1 Å². The SMILES string of the molecule is C[C@@H]1C[C@@H](C)Oc2cccc3op(N([C@@H](C)c4ccccc4)[C@@H](C)c4ccccc4)oc4cccc(c4c23)O1. The van der Waals surface area contributed by atoms with E-state index in [9.17, 15) is 0 Å². The first-order valence-corrected chi connectivity index (χ1v) is 14.8. The van der Waals surface area contributed by atoms with Crippen LogP contribution in [0.3, 0.4) is 0 Å². The van der Waals surface area contributed by atoms with Crippen molar-refractivity contribution in [1.29, 1.82) is 0 Å². The molecule has 1 aliphatic rings. The molecule has 0 spiro atoms. The molecule has 4 atom stereocenters. The highest BCUT2D eigenvalue weighted by Crippen LogP contribution is 2.48. The van der Waals surface area contributed by atoms with Gasteiger partial charge in [0.15, 0.2) is 0 Å². The van der Waals surface area contributed by atoms with Crippen LogP contribution >= 0.6 is 8.16 Å². The van der Waals surface area contributed by atoms with Gasteiger partial charge in [-0.1, -0.05) is 72.8 Å². The molecule has 0 unspecified atom stereocenters. The lowest BCUT2D eigenvalue weighted by atomic mass is 10.0. The van der Waals surface area contributed by atoms with E-state index in [0.29, 0.717) is 0 Å². The van der Waals surface area contributed by atoms with Crippen molar-refractivity contribution < 1.29 is 17.9 Å². The van der Waals surface area contributed by atoms with E-state index in [4.69, 9.17) is 17.9 Å². The molecule has 5 nitrogen and oxygen atoms in total. The Morgan fingerprint density at radius 1 is 0.615 bits per heavy atom. The Balaban J connectivity index is 1.65. The van der Waals surface area contributed by atoms with Gasteiger partial charge < -0.3 is 17.9 Å². The summed E-state index contributed by atoms with van der Waals surface area (Å²) in [5, 5.41) is 1.77. The lowest BCUT2D eigenvalue weighted by Gasteiger charge is -2.31. The molecule has 0 radical (unpaired) electrons. The second-order valence-corrected chi connectivity index (χ2v) is 11.6. The summed E-state index contributed by atoms with van der Waals surface area (Å²) < 4.78 is 29.1.